The Morgan fingerprint density at radius 3 is 2.50 bits per heavy atom. The highest BCUT2D eigenvalue weighted by molar-refractivity contribution is 7.22. The first-order chi connectivity index (χ1) is 23.1. The molecule has 256 valence electrons. The smallest absolute Gasteiger partial charge is 0.333 e. The number of aliphatic hydroxyl groups excluding tert-OH is 1. The van der Waals surface area contributed by atoms with E-state index < -0.39 is 22.9 Å². The van der Waals surface area contributed by atoms with E-state index in [4.69, 9.17) is 18.6 Å². The zero-order valence-corrected chi connectivity index (χ0v) is 28.5. The number of ether oxygens (including phenoxy) is 3. The first kappa shape index (κ1) is 32.8. The number of carbonyl (C=O) groups is 1. The Labute approximate surface area is 281 Å². The topological polar surface area (TPSA) is 138 Å². The summed E-state index contributed by atoms with van der Waals surface area (Å²) in [7, 11) is 1.60. The fourth-order valence-electron chi connectivity index (χ4n) is 7.97. The summed E-state index contributed by atoms with van der Waals surface area (Å²) in [6.07, 6.45) is 5.25. The molecular weight excluding hydrogens is 636 g/mol. The molecule has 3 fully saturated rings. The number of aliphatic hydroxyl groups is 1. The second-order valence-electron chi connectivity index (χ2n) is 13.7. The fourth-order valence-corrected chi connectivity index (χ4v) is 9.22. The van der Waals surface area contributed by atoms with Gasteiger partial charge in [0, 0.05) is 18.7 Å². The number of methoxy groups -OCH3 is 1. The number of morpholine rings is 1. The molecule has 12 nitrogen and oxygen atoms in total. The minimum Gasteiger partial charge on any atom is -0.496 e. The molecule has 1 N–H and O–H groups in total. The first-order valence-corrected chi connectivity index (χ1v) is 17.4. The van der Waals surface area contributed by atoms with Gasteiger partial charge >= 0.3 is 5.69 Å². The maximum Gasteiger partial charge on any atom is 0.333 e. The Hall–Kier alpha value is -3.78. The number of fused-ring (bicyclic) bond motifs is 2. The summed E-state index contributed by atoms with van der Waals surface area (Å²) in [6.45, 7) is 6.67. The van der Waals surface area contributed by atoms with Crippen LogP contribution in [0.25, 0.3) is 21.0 Å². The van der Waals surface area contributed by atoms with E-state index in [0.717, 1.165) is 35.8 Å². The summed E-state index contributed by atoms with van der Waals surface area (Å²) >= 11 is 1.26. The normalized spacial score (nSPS) is 23.5. The molecule has 0 spiro atoms. The Bertz CT molecular complexity index is 1910. The van der Waals surface area contributed by atoms with Gasteiger partial charge in [-0.2, -0.15) is 0 Å². The third kappa shape index (κ3) is 5.70. The molecule has 0 radical (unpaired) electrons. The van der Waals surface area contributed by atoms with Crippen LogP contribution in [-0.4, -0.2) is 75.7 Å². The molecule has 13 heteroatoms. The van der Waals surface area contributed by atoms with E-state index in [9.17, 15) is 19.5 Å². The largest absolute Gasteiger partial charge is 0.496 e. The third-order valence-corrected chi connectivity index (χ3v) is 11.7. The van der Waals surface area contributed by atoms with Crippen molar-refractivity contribution in [3.05, 3.63) is 68.7 Å². The monoisotopic (exact) mass is 678 g/mol. The predicted molar refractivity (Wildman–Crippen MR) is 179 cm³/mol. The molecule has 48 heavy (non-hydrogen) atoms. The van der Waals surface area contributed by atoms with Gasteiger partial charge < -0.3 is 28.6 Å². The lowest BCUT2D eigenvalue weighted by Gasteiger charge is -2.35. The zero-order chi connectivity index (χ0) is 33.7. The van der Waals surface area contributed by atoms with Crippen molar-refractivity contribution < 1.29 is 28.5 Å². The number of thiophene rings is 1. The molecule has 1 aliphatic heterocycles. The number of carbonyl (C=O) groups excluding carboxylic acids is 1. The molecule has 3 aromatic heterocycles. The standard InChI is InChI=1S/C35H42N4O8S/c1-20-28-31(41)39(35(2,3)33(42)37-10-13-45-14-11-37)34(43)38(32(28)48-29(20)30-36-9-12-46-30)19-27(25-7-5-6-8-26(25)44-4)47-24-17-21-15-23(40)16-22(21)18-24/h5-9,12,21-24,27,40H,10-11,13-19H2,1-4H3. The summed E-state index contributed by atoms with van der Waals surface area (Å²) < 4.78 is 26.4. The van der Waals surface area contributed by atoms with Crippen LogP contribution in [0, 0.1) is 18.8 Å². The van der Waals surface area contributed by atoms with Crippen LogP contribution in [0.5, 0.6) is 5.75 Å². The number of oxazole rings is 1. The van der Waals surface area contributed by atoms with E-state index >= 15 is 0 Å². The number of hydrogen-bond acceptors (Lipinski definition) is 10. The molecule has 7 rings (SSSR count). The fraction of sp³-hybridized carbons (Fsp3) is 0.543. The van der Waals surface area contributed by atoms with Crippen molar-refractivity contribution in [2.75, 3.05) is 33.4 Å². The van der Waals surface area contributed by atoms with Gasteiger partial charge in [0.1, 0.15) is 28.5 Å². The number of benzene rings is 1. The molecule has 4 aromatic rings. The van der Waals surface area contributed by atoms with Gasteiger partial charge in [-0.3, -0.25) is 14.2 Å². The molecule has 1 saturated heterocycles. The van der Waals surface area contributed by atoms with E-state index in [0.29, 0.717) is 70.4 Å². The number of aromatic nitrogens is 3. The van der Waals surface area contributed by atoms with Crippen LogP contribution in [0.1, 0.15) is 56.8 Å². The van der Waals surface area contributed by atoms with Crippen LogP contribution < -0.4 is 16.0 Å². The highest BCUT2D eigenvalue weighted by Gasteiger charge is 2.43. The van der Waals surface area contributed by atoms with Crippen LogP contribution >= 0.6 is 11.3 Å². The lowest BCUT2D eigenvalue weighted by molar-refractivity contribution is -0.143. The molecule has 1 aromatic carbocycles. The Balaban J connectivity index is 1.38. The molecule has 4 heterocycles. The van der Waals surface area contributed by atoms with Crippen LogP contribution in [0.15, 0.2) is 50.7 Å². The van der Waals surface area contributed by atoms with Crippen molar-refractivity contribution in [2.45, 2.75) is 76.9 Å². The molecular formula is C35H42N4O8S. The molecule has 1 amide bonds. The SMILES string of the molecule is COc1ccccc1C(Cn1c(=O)n(C(C)(C)C(=O)N2CCOCC2)c(=O)c2c(C)c(-c3ncco3)sc21)OC1CC2CC(O)CC2C1. The van der Waals surface area contributed by atoms with Gasteiger partial charge in [-0.25, -0.2) is 14.3 Å². The van der Waals surface area contributed by atoms with Crippen molar-refractivity contribution >= 4 is 27.5 Å². The number of para-hydroxylation sites is 1. The van der Waals surface area contributed by atoms with Crippen molar-refractivity contribution in [2.24, 2.45) is 11.8 Å². The summed E-state index contributed by atoms with van der Waals surface area (Å²) in [6, 6.07) is 7.60. The summed E-state index contributed by atoms with van der Waals surface area (Å²) in [4.78, 5) is 50.3. The van der Waals surface area contributed by atoms with Gasteiger partial charge in [-0.05, 0) is 69.9 Å². The van der Waals surface area contributed by atoms with Gasteiger partial charge in [-0.1, -0.05) is 18.2 Å². The zero-order valence-electron chi connectivity index (χ0n) is 27.7. The number of aryl methyl sites for hydroxylation is 1. The number of nitrogens with zero attached hydrogens (tertiary/aromatic N) is 4. The number of hydrogen-bond donors (Lipinski definition) is 1. The molecule has 3 unspecified atom stereocenters. The quantitative estimate of drug-likeness (QED) is 0.277. The van der Waals surface area contributed by atoms with E-state index in [-0.39, 0.29) is 24.7 Å². The summed E-state index contributed by atoms with van der Waals surface area (Å²) in [5.41, 5.74) is -1.24. The highest BCUT2D eigenvalue weighted by atomic mass is 32.1. The average Bonchev–Trinajstić information content (AvgIpc) is 3.87. The van der Waals surface area contributed by atoms with Crippen LogP contribution in [0.2, 0.25) is 0 Å². The van der Waals surface area contributed by atoms with E-state index in [1.165, 1.54) is 23.8 Å². The van der Waals surface area contributed by atoms with Crippen LogP contribution in [0.3, 0.4) is 0 Å². The minimum atomic E-state index is -1.50. The van der Waals surface area contributed by atoms with Gasteiger partial charge in [0.2, 0.25) is 11.8 Å². The summed E-state index contributed by atoms with van der Waals surface area (Å²) in [5, 5.41) is 10.6. The van der Waals surface area contributed by atoms with Gasteiger partial charge in [0.15, 0.2) is 0 Å². The minimum absolute atomic E-state index is 0.0667. The second kappa shape index (κ2) is 12.9. The van der Waals surface area contributed by atoms with E-state index in [1.807, 2.05) is 31.2 Å². The van der Waals surface area contributed by atoms with Gasteiger partial charge in [-0.15, -0.1) is 11.3 Å². The number of amides is 1. The summed E-state index contributed by atoms with van der Waals surface area (Å²) in [5.74, 6) is 1.44. The van der Waals surface area contributed by atoms with Crippen molar-refractivity contribution in [1.82, 2.24) is 19.0 Å². The molecule has 2 aliphatic carbocycles. The van der Waals surface area contributed by atoms with E-state index in [1.54, 1.807) is 30.4 Å². The van der Waals surface area contributed by atoms with Crippen LogP contribution in [0.4, 0.5) is 0 Å². The lowest BCUT2D eigenvalue weighted by Crippen LogP contribution is -2.58. The van der Waals surface area contributed by atoms with Gasteiger partial charge in [0.25, 0.3) is 5.56 Å². The van der Waals surface area contributed by atoms with Crippen molar-refractivity contribution in [1.29, 1.82) is 0 Å². The van der Waals surface area contributed by atoms with Crippen molar-refractivity contribution in [3.63, 3.8) is 0 Å². The first-order valence-electron chi connectivity index (χ1n) is 16.6. The average molecular weight is 679 g/mol. The highest BCUT2D eigenvalue weighted by Crippen LogP contribution is 2.47. The lowest BCUT2D eigenvalue weighted by atomic mass is 10.0. The van der Waals surface area contributed by atoms with Crippen molar-refractivity contribution in [3.8, 4) is 16.5 Å². The maximum absolute atomic E-state index is 14.8. The maximum atomic E-state index is 14.8. The van der Waals surface area contributed by atoms with E-state index in [2.05, 4.69) is 4.98 Å². The molecule has 3 aliphatic rings. The molecule has 2 saturated carbocycles. The number of rotatable bonds is 9. The Kier molecular flexibility index (Phi) is 8.82. The predicted octanol–water partition coefficient (Wildman–Crippen LogP) is 4.10. The Morgan fingerprint density at radius 2 is 1.83 bits per heavy atom. The van der Waals surface area contributed by atoms with Gasteiger partial charge in [0.05, 0.1) is 55.5 Å². The second-order valence-corrected chi connectivity index (χ2v) is 14.7. The molecule has 0 bridgehead atoms. The molecule has 3 atom stereocenters. The van der Waals surface area contributed by atoms with Crippen LogP contribution in [-0.2, 0) is 26.4 Å². The Morgan fingerprint density at radius 1 is 1.12 bits per heavy atom. The third-order valence-electron chi connectivity index (χ3n) is 10.4.